The van der Waals surface area contributed by atoms with Crippen LogP contribution < -0.4 is 0 Å². The molecule has 1 rings (SSSR count). The van der Waals surface area contributed by atoms with Crippen LogP contribution in [0.1, 0.15) is 12.0 Å². The van der Waals surface area contributed by atoms with Crippen molar-refractivity contribution in [3.63, 3.8) is 0 Å². The predicted molar refractivity (Wildman–Crippen MR) is 48.2 cm³/mol. The molecule has 2 nitrogen and oxygen atoms in total. The fourth-order valence-electron chi connectivity index (χ4n) is 0.896. The van der Waals surface area contributed by atoms with Crippen molar-refractivity contribution >= 4 is 24.8 Å². The van der Waals surface area contributed by atoms with Crippen LogP contribution in [0.15, 0.2) is 30.3 Å². The number of carbonyl (C=O) groups is 1. The Morgan fingerprint density at radius 2 is 1.83 bits per heavy atom. The number of aliphatic carboxylic acids is 1. The molecule has 0 aromatic heterocycles. The van der Waals surface area contributed by atoms with Gasteiger partial charge in [0.2, 0.25) is 0 Å². The summed E-state index contributed by atoms with van der Waals surface area (Å²) in [5.41, 5.74) is 1.08. The first-order chi connectivity index (χ1) is 5.29. The van der Waals surface area contributed by atoms with Crippen LogP contribution >= 0.6 is 0 Å². The largest absolute Gasteiger partial charge is 0.481 e. The van der Waals surface area contributed by atoms with Crippen LogP contribution in [0.3, 0.4) is 0 Å². The molecule has 1 radical (unpaired) electrons. The van der Waals surface area contributed by atoms with E-state index in [0.29, 0.717) is 6.42 Å². The van der Waals surface area contributed by atoms with Gasteiger partial charge < -0.3 is 5.11 Å². The van der Waals surface area contributed by atoms with E-state index in [0.717, 1.165) is 5.56 Å². The first-order valence-corrected chi connectivity index (χ1v) is 3.55. The molecule has 12 heavy (non-hydrogen) atoms. The average molecular weight is 157 g/mol. The zero-order chi connectivity index (χ0) is 8.10. The molecule has 0 aliphatic heterocycles. The fourth-order valence-corrected chi connectivity index (χ4v) is 0.896. The quantitative estimate of drug-likeness (QED) is 0.672. The Balaban J connectivity index is 0.00000121. The van der Waals surface area contributed by atoms with Crippen LogP contribution in [0.25, 0.3) is 0 Å². The van der Waals surface area contributed by atoms with Gasteiger partial charge in [-0.2, -0.15) is 0 Å². The summed E-state index contributed by atoms with van der Waals surface area (Å²) in [6.45, 7) is 0. The summed E-state index contributed by atoms with van der Waals surface area (Å²) in [6, 6.07) is 9.62. The van der Waals surface area contributed by atoms with Crippen molar-refractivity contribution in [1.29, 1.82) is 0 Å². The third-order valence-corrected chi connectivity index (χ3v) is 1.47. The van der Waals surface area contributed by atoms with Crippen molar-refractivity contribution in [2.75, 3.05) is 0 Å². The topological polar surface area (TPSA) is 37.3 Å². The third kappa shape index (κ3) is 4.22. The molecular formula is C9H10LiO2. The van der Waals surface area contributed by atoms with Crippen LogP contribution in [0.2, 0.25) is 0 Å². The number of carboxylic acids is 1. The van der Waals surface area contributed by atoms with E-state index >= 15 is 0 Å². The summed E-state index contributed by atoms with van der Waals surface area (Å²) in [7, 11) is 0. The van der Waals surface area contributed by atoms with Crippen LogP contribution in [0.4, 0.5) is 0 Å². The molecule has 0 aliphatic rings. The number of hydrogen-bond acceptors (Lipinski definition) is 1. The predicted octanol–water partition coefficient (Wildman–Crippen LogP) is 1.32. The molecule has 0 bridgehead atoms. The van der Waals surface area contributed by atoms with E-state index in [9.17, 15) is 4.79 Å². The Kier molecular flexibility index (Phi) is 5.53. The number of carboxylic acid groups (broad SMARTS) is 1. The van der Waals surface area contributed by atoms with Gasteiger partial charge in [0.1, 0.15) is 0 Å². The summed E-state index contributed by atoms with van der Waals surface area (Å²) in [6.07, 6.45) is 0.834. The second kappa shape index (κ2) is 5.88. The smallest absolute Gasteiger partial charge is 0.303 e. The SMILES string of the molecule is O=C(O)CCc1ccccc1.[Li]. The van der Waals surface area contributed by atoms with Gasteiger partial charge in [-0.05, 0) is 12.0 Å². The normalized spacial score (nSPS) is 8.67. The molecular weight excluding hydrogens is 147 g/mol. The molecule has 0 heterocycles. The zero-order valence-electron chi connectivity index (χ0n) is 7.16. The number of hydrogen-bond donors (Lipinski definition) is 1. The molecule has 0 unspecified atom stereocenters. The average Bonchev–Trinajstić information content (AvgIpc) is 2.03. The Hall–Kier alpha value is -0.713. The summed E-state index contributed by atoms with van der Waals surface area (Å²) >= 11 is 0. The molecule has 1 aromatic rings. The van der Waals surface area contributed by atoms with E-state index in [1.165, 1.54) is 0 Å². The van der Waals surface area contributed by atoms with Crippen molar-refractivity contribution < 1.29 is 9.90 Å². The van der Waals surface area contributed by atoms with Crippen LogP contribution in [0.5, 0.6) is 0 Å². The Morgan fingerprint density at radius 1 is 1.25 bits per heavy atom. The molecule has 0 aliphatic carbocycles. The Bertz CT molecular complexity index is 234. The Morgan fingerprint density at radius 3 is 2.33 bits per heavy atom. The van der Waals surface area contributed by atoms with Crippen molar-refractivity contribution in [1.82, 2.24) is 0 Å². The van der Waals surface area contributed by atoms with Crippen molar-refractivity contribution in [3.8, 4) is 0 Å². The van der Waals surface area contributed by atoms with Gasteiger partial charge in [0.05, 0.1) is 0 Å². The summed E-state index contributed by atoms with van der Waals surface area (Å²) in [4.78, 5) is 10.2. The van der Waals surface area contributed by atoms with E-state index in [2.05, 4.69) is 0 Å². The number of benzene rings is 1. The summed E-state index contributed by atoms with van der Waals surface area (Å²) in [5.74, 6) is -0.742. The van der Waals surface area contributed by atoms with Crippen molar-refractivity contribution in [2.24, 2.45) is 0 Å². The molecule has 0 saturated heterocycles. The van der Waals surface area contributed by atoms with Crippen molar-refractivity contribution in [3.05, 3.63) is 35.9 Å². The van der Waals surface area contributed by atoms with E-state index in [4.69, 9.17) is 5.11 Å². The third-order valence-electron chi connectivity index (χ3n) is 1.47. The van der Waals surface area contributed by atoms with Crippen LogP contribution in [-0.2, 0) is 11.2 Å². The second-order valence-corrected chi connectivity index (χ2v) is 2.38. The molecule has 1 N–H and O–H groups in total. The maximum absolute atomic E-state index is 10.2. The van der Waals surface area contributed by atoms with E-state index < -0.39 is 5.97 Å². The van der Waals surface area contributed by atoms with Gasteiger partial charge in [-0.15, -0.1) is 0 Å². The van der Waals surface area contributed by atoms with Gasteiger partial charge >= 0.3 is 5.97 Å². The second-order valence-electron chi connectivity index (χ2n) is 2.38. The number of aryl methyl sites for hydroxylation is 1. The van der Waals surface area contributed by atoms with Crippen LogP contribution in [-0.4, -0.2) is 29.9 Å². The summed E-state index contributed by atoms with van der Waals surface area (Å²) in [5, 5.41) is 8.37. The standard InChI is InChI=1S/C9H10O2.Li/c10-9(11)7-6-8-4-2-1-3-5-8;/h1-5H,6-7H2,(H,10,11);. The van der Waals surface area contributed by atoms with Gasteiger partial charge in [-0.1, -0.05) is 30.3 Å². The Labute approximate surface area is 83.8 Å². The molecule has 0 spiro atoms. The maximum atomic E-state index is 10.2. The first-order valence-electron chi connectivity index (χ1n) is 3.55. The fraction of sp³-hybridized carbons (Fsp3) is 0.222. The van der Waals surface area contributed by atoms with E-state index in [1.54, 1.807) is 0 Å². The molecule has 0 atom stereocenters. The minimum absolute atomic E-state index is 0. The molecule has 1 aromatic carbocycles. The maximum Gasteiger partial charge on any atom is 0.303 e. The molecule has 59 valence electrons. The van der Waals surface area contributed by atoms with Gasteiger partial charge in [0, 0.05) is 25.3 Å². The minimum atomic E-state index is -0.742. The number of rotatable bonds is 3. The minimum Gasteiger partial charge on any atom is -0.481 e. The summed E-state index contributed by atoms with van der Waals surface area (Å²) < 4.78 is 0. The van der Waals surface area contributed by atoms with Gasteiger partial charge in [-0.25, -0.2) is 0 Å². The van der Waals surface area contributed by atoms with Gasteiger partial charge in [0.15, 0.2) is 0 Å². The molecule has 0 fully saturated rings. The van der Waals surface area contributed by atoms with E-state index in [-0.39, 0.29) is 25.3 Å². The molecule has 0 amide bonds. The monoisotopic (exact) mass is 157 g/mol. The van der Waals surface area contributed by atoms with Gasteiger partial charge in [0.25, 0.3) is 0 Å². The van der Waals surface area contributed by atoms with E-state index in [1.807, 2.05) is 30.3 Å². The molecule has 3 heteroatoms. The van der Waals surface area contributed by atoms with Crippen molar-refractivity contribution in [2.45, 2.75) is 12.8 Å². The molecule has 0 saturated carbocycles. The first kappa shape index (κ1) is 11.3. The van der Waals surface area contributed by atoms with Crippen LogP contribution in [0, 0.1) is 0 Å². The van der Waals surface area contributed by atoms with Gasteiger partial charge in [-0.3, -0.25) is 4.79 Å². The zero-order valence-corrected chi connectivity index (χ0v) is 7.16.